The lowest BCUT2D eigenvalue weighted by Crippen LogP contribution is -2.48. The van der Waals surface area contributed by atoms with Gasteiger partial charge in [0.25, 0.3) is 0 Å². The Bertz CT molecular complexity index is 822. The van der Waals surface area contributed by atoms with Crippen LogP contribution in [-0.2, 0) is 9.59 Å². The van der Waals surface area contributed by atoms with Gasteiger partial charge in [-0.3, -0.25) is 9.59 Å². The molecule has 2 atom stereocenters. The van der Waals surface area contributed by atoms with Crippen LogP contribution in [0, 0.1) is 5.92 Å². The first-order valence-electron chi connectivity index (χ1n) is 8.64. The number of carbonyl (C=O) groups excluding carboxylic acids is 2. The van der Waals surface area contributed by atoms with Crippen molar-refractivity contribution in [2.24, 2.45) is 5.92 Å². The molecule has 0 radical (unpaired) electrons. The zero-order chi connectivity index (χ0) is 18.1. The molecule has 0 bridgehead atoms. The summed E-state index contributed by atoms with van der Waals surface area (Å²) in [7, 11) is 0. The summed E-state index contributed by atoms with van der Waals surface area (Å²) >= 11 is 3.43. The van der Waals surface area contributed by atoms with Crippen molar-refractivity contribution in [2.45, 2.75) is 12.3 Å². The van der Waals surface area contributed by atoms with Crippen LogP contribution in [0.15, 0.2) is 47.1 Å². The molecular formula is C19H19BrN4O2. The third-order valence-corrected chi connectivity index (χ3v) is 5.33. The standard InChI is InChI=1S/C19H19BrN4O2/c20-13-3-1-12(2-4-13)15-9-16(15)19(26)23-14-5-6-17(22-10-14)24-8-7-21-18(25)11-24/h1-6,10,15-16H,7-9,11H2,(H,21,25)(H,23,26)/t15-,16-/m0/s1. The highest BCUT2D eigenvalue weighted by atomic mass is 79.9. The third kappa shape index (κ3) is 3.72. The van der Waals surface area contributed by atoms with Crippen LogP contribution in [0.1, 0.15) is 17.9 Å². The van der Waals surface area contributed by atoms with Gasteiger partial charge < -0.3 is 15.5 Å². The first-order chi connectivity index (χ1) is 12.6. The van der Waals surface area contributed by atoms with Crippen molar-refractivity contribution in [1.82, 2.24) is 10.3 Å². The number of nitrogens with one attached hydrogen (secondary N) is 2. The fourth-order valence-electron chi connectivity index (χ4n) is 3.28. The second-order valence-electron chi connectivity index (χ2n) is 6.67. The summed E-state index contributed by atoms with van der Waals surface area (Å²) in [6.45, 7) is 1.68. The smallest absolute Gasteiger partial charge is 0.239 e. The van der Waals surface area contributed by atoms with Gasteiger partial charge in [0.15, 0.2) is 0 Å². The maximum absolute atomic E-state index is 12.4. The van der Waals surface area contributed by atoms with Crippen molar-refractivity contribution in [3.8, 4) is 0 Å². The number of nitrogens with zero attached hydrogens (tertiary/aromatic N) is 2. The van der Waals surface area contributed by atoms with E-state index >= 15 is 0 Å². The molecule has 2 heterocycles. The van der Waals surface area contributed by atoms with E-state index in [2.05, 4.69) is 43.7 Å². The van der Waals surface area contributed by atoms with Gasteiger partial charge in [0.05, 0.1) is 18.4 Å². The molecule has 1 aromatic carbocycles. The number of hydrogen-bond donors (Lipinski definition) is 2. The van der Waals surface area contributed by atoms with Gasteiger partial charge in [0.1, 0.15) is 5.82 Å². The van der Waals surface area contributed by atoms with Crippen LogP contribution in [0.2, 0.25) is 0 Å². The lowest BCUT2D eigenvalue weighted by Gasteiger charge is -2.27. The molecule has 1 aromatic heterocycles. The number of pyridine rings is 1. The van der Waals surface area contributed by atoms with Gasteiger partial charge in [-0.1, -0.05) is 28.1 Å². The van der Waals surface area contributed by atoms with Crippen molar-refractivity contribution in [3.63, 3.8) is 0 Å². The zero-order valence-electron chi connectivity index (χ0n) is 14.1. The van der Waals surface area contributed by atoms with Crippen molar-refractivity contribution in [2.75, 3.05) is 29.9 Å². The topological polar surface area (TPSA) is 74.3 Å². The van der Waals surface area contributed by atoms with E-state index < -0.39 is 0 Å². The first-order valence-corrected chi connectivity index (χ1v) is 9.43. The molecule has 6 nitrogen and oxygen atoms in total. The van der Waals surface area contributed by atoms with Crippen molar-refractivity contribution < 1.29 is 9.59 Å². The Kier molecular flexibility index (Phi) is 4.63. The lowest BCUT2D eigenvalue weighted by molar-refractivity contribution is -0.120. The molecule has 2 aliphatic rings. The minimum absolute atomic E-state index is 0.00291. The molecule has 26 heavy (non-hydrogen) atoms. The normalized spacial score (nSPS) is 21.9. The molecule has 7 heteroatoms. The van der Waals surface area contributed by atoms with Gasteiger partial charge in [-0.15, -0.1) is 0 Å². The number of aromatic nitrogens is 1. The molecule has 0 unspecified atom stereocenters. The number of piperazine rings is 1. The van der Waals surface area contributed by atoms with Crippen molar-refractivity contribution in [3.05, 3.63) is 52.6 Å². The molecule has 1 aliphatic heterocycles. The number of halogens is 1. The summed E-state index contributed by atoms with van der Waals surface area (Å²) in [4.78, 5) is 30.2. The van der Waals surface area contributed by atoms with Crippen molar-refractivity contribution >= 4 is 39.2 Å². The largest absolute Gasteiger partial charge is 0.353 e. The van der Waals surface area contributed by atoms with Gasteiger partial charge in [0, 0.05) is 23.5 Å². The van der Waals surface area contributed by atoms with Crippen LogP contribution in [0.3, 0.4) is 0 Å². The van der Waals surface area contributed by atoms with Gasteiger partial charge in [-0.05, 0) is 42.2 Å². The summed E-state index contributed by atoms with van der Waals surface area (Å²) in [6.07, 6.45) is 2.53. The molecule has 1 saturated carbocycles. The zero-order valence-corrected chi connectivity index (χ0v) is 15.7. The van der Waals surface area contributed by atoms with E-state index in [1.54, 1.807) is 6.20 Å². The highest BCUT2D eigenvalue weighted by molar-refractivity contribution is 9.10. The van der Waals surface area contributed by atoms with E-state index in [-0.39, 0.29) is 17.7 Å². The lowest BCUT2D eigenvalue weighted by atomic mass is 10.1. The van der Waals surface area contributed by atoms with Crippen LogP contribution in [0.5, 0.6) is 0 Å². The molecule has 1 aliphatic carbocycles. The number of amides is 2. The summed E-state index contributed by atoms with van der Waals surface area (Å²) in [5, 5.41) is 5.74. The highest BCUT2D eigenvalue weighted by Crippen LogP contribution is 2.48. The van der Waals surface area contributed by atoms with Crippen LogP contribution >= 0.6 is 15.9 Å². The molecular weight excluding hydrogens is 396 g/mol. The Morgan fingerprint density at radius 2 is 2.04 bits per heavy atom. The summed E-state index contributed by atoms with van der Waals surface area (Å²) < 4.78 is 1.04. The van der Waals surface area contributed by atoms with Gasteiger partial charge in [-0.25, -0.2) is 4.98 Å². The summed E-state index contributed by atoms with van der Waals surface area (Å²) in [6, 6.07) is 11.8. The second-order valence-corrected chi connectivity index (χ2v) is 7.58. The molecule has 2 aromatic rings. The maximum atomic E-state index is 12.4. The summed E-state index contributed by atoms with van der Waals surface area (Å²) in [5.74, 6) is 1.09. The van der Waals surface area contributed by atoms with E-state index in [1.807, 2.05) is 29.2 Å². The first kappa shape index (κ1) is 17.0. The average molecular weight is 415 g/mol. The number of carbonyl (C=O) groups is 2. The number of rotatable bonds is 4. The average Bonchev–Trinajstić information content (AvgIpc) is 3.44. The predicted molar refractivity (Wildman–Crippen MR) is 103 cm³/mol. The van der Waals surface area contributed by atoms with Gasteiger partial charge in [0.2, 0.25) is 11.8 Å². The minimum Gasteiger partial charge on any atom is -0.353 e. The monoisotopic (exact) mass is 414 g/mol. The Morgan fingerprint density at radius 1 is 1.23 bits per heavy atom. The maximum Gasteiger partial charge on any atom is 0.239 e. The van der Waals surface area contributed by atoms with E-state index in [4.69, 9.17) is 0 Å². The molecule has 2 N–H and O–H groups in total. The Hall–Kier alpha value is -2.41. The number of hydrogen-bond acceptors (Lipinski definition) is 4. The Labute approximate surface area is 160 Å². The second kappa shape index (κ2) is 7.07. The molecule has 134 valence electrons. The number of anilines is 2. The van der Waals surface area contributed by atoms with E-state index in [1.165, 1.54) is 5.56 Å². The van der Waals surface area contributed by atoms with Crippen LogP contribution < -0.4 is 15.5 Å². The van der Waals surface area contributed by atoms with Crippen LogP contribution in [0.4, 0.5) is 11.5 Å². The van der Waals surface area contributed by atoms with Crippen LogP contribution in [-0.4, -0.2) is 36.4 Å². The number of benzene rings is 1. The molecule has 0 spiro atoms. The third-order valence-electron chi connectivity index (χ3n) is 4.80. The molecule has 4 rings (SSSR count). The quantitative estimate of drug-likeness (QED) is 0.805. The van der Waals surface area contributed by atoms with E-state index in [0.717, 1.165) is 23.3 Å². The van der Waals surface area contributed by atoms with Gasteiger partial charge in [-0.2, -0.15) is 0 Å². The molecule has 1 saturated heterocycles. The van der Waals surface area contributed by atoms with Crippen molar-refractivity contribution in [1.29, 1.82) is 0 Å². The predicted octanol–water partition coefficient (Wildman–Crippen LogP) is 2.52. The summed E-state index contributed by atoms with van der Waals surface area (Å²) in [5.41, 5.74) is 1.88. The Morgan fingerprint density at radius 3 is 2.73 bits per heavy atom. The fraction of sp³-hybridized carbons (Fsp3) is 0.316. The van der Waals surface area contributed by atoms with E-state index in [9.17, 15) is 9.59 Å². The van der Waals surface area contributed by atoms with E-state index in [0.29, 0.717) is 24.7 Å². The highest BCUT2D eigenvalue weighted by Gasteiger charge is 2.43. The minimum atomic E-state index is 0.00291. The molecule has 2 amide bonds. The Balaban J connectivity index is 1.35. The van der Waals surface area contributed by atoms with Crippen LogP contribution in [0.25, 0.3) is 0 Å². The fourth-order valence-corrected chi connectivity index (χ4v) is 3.54. The SMILES string of the molecule is O=C1CN(c2ccc(NC(=O)[C@H]3C[C@H]3c3ccc(Br)cc3)cn2)CCN1. The van der Waals surface area contributed by atoms with Gasteiger partial charge >= 0.3 is 0 Å². The molecule has 2 fully saturated rings.